The van der Waals surface area contributed by atoms with Gasteiger partial charge >= 0.3 is 0 Å². The monoisotopic (exact) mass is 368 g/mol. The fourth-order valence-electron chi connectivity index (χ4n) is 3.63. The Morgan fingerprint density at radius 1 is 0.556 bits per heavy atom. The molecule has 2 heterocycles. The van der Waals surface area contributed by atoms with Crippen molar-refractivity contribution in [1.82, 2.24) is 0 Å². The Hall–Kier alpha value is -1.70. The minimum Gasteiger partial charge on any atom is -0.208 e. The molecule has 0 N–H and O–H groups in total. The van der Waals surface area contributed by atoms with Crippen LogP contribution in [-0.2, 0) is 13.6 Å². The second kappa shape index (κ2) is 13.5. The van der Waals surface area contributed by atoms with E-state index in [-0.39, 0.29) is 0 Å². The zero-order valence-electron chi connectivity index (χ0n) is 17.7. The van der Waals surface area contributed by atoms with E-state index < -0.39 is 0 Å². The SMILES string of the molecule is CCCCCCCCCCCCCC[n+]1ccc(-c2cc[n+](C)cc2)cc1. The smallest absolute Gasteiger partial charge is 0.169 e. The highest BCUT2D eigenvalue weighted by Gasteiger charge is 2.04. The van der Waals surface area contributed by atoms with E-state index in [0.717, 1.165) is 6.54 Å². The maximum Gasteiger partial charge on any atom is 0.169 e. The molecular weight excluding hydrogens is 328 g/mol. The molecule has 0 amide bonds. The number of rotatable bonds is 14. The van der Waals surface area contributed by atoms with E-state index in [1.807, 2.05) is 0 Å². The van der Waals surface area contributed by atoms with Gasteiger partial charge in [0, 0.05) is 30.7 Å². The molecule has 0 aliphatic rings. The quantitative estimate of drug-likeness (QED) is 0.278. The van der Waals surface area contributed by atoms with E-state index in [0.29, 0.717) is 0 Å². The normalized spacial score (nSPS) is 11.0. The van der Waals surface area contributed by atoms with Crippen LogP contribution < -0.4 is 9.13 Å². The second-order valence-electron chi connectivity index (χ2n) is 7.97. The average molecular weight is 369 g/mol. The van der Waals surface area contributed by atoms with Gasteiger partial charge in [0.1, 0.15) is 13.6 Å². The number of nitrogens with zero attached hydrogens (tertiary/aromatic N) is 2. The van der Waals surface area contributed by atoms with Crippen molar-refractivity contribution in [2.45, 2.75) is 90.5 Å². The molecule has 0 radical (unpaired) electrons. The zero-order chi connectivity index (χ0) is 19.2. The highest BCUT2D eigenvalue weighted by Crippen LogP contribution is 2.15. The van der Waals surface area contributed by atoms with E-state index in [4.69, 9.17) is 0 Å². The van der Waals surface area contributed by atoms with Gasteiger partial charge < -0.3 is 0 Å². The highest BCUT2D eigenvalue weighted by atomic mass is 14.9. The highest BCUT2D eigenvalue weighted by molar-refractivity contribution is 5.60. The summed E-state index contributed by atoms with van der Waals surface area (Å²) in [5, 5.41) is 0. The molecule has 0 unspecified atom stereocenters. The Morgan fingerprint density at radius 2 is 0.963 bits per heavy atom. The van der Waals surface area contributed by atoms with Crippen LogP contribution in [0.15, 0.2) is 49.1 Å². The summed E-state index contributed by atoms with van der Waals surface area (Å²) in [6, 6.07) is 8.81. The van der Waals surface area contributed by atoms with Gasteiger partial charge in [0.2, 0.25) is 0 Å². The first kappa shape index (κ1) is 21.6. The lowest BCUT2D eigenvalue weighted by atomic mass is 10.1. The lowest BCUT2D eigenvalue weighted by Gasteiger charge is -2.03. The number of aryl methyl sites for hydroxylation is 2. The van der Waals surface area contributed by atoms with Gasteiger partial charge in [-0.3, -0.25) is 0 Å². The van der Waals surface area contributed by atoms with Crippen LogP contribution in [0.3, 0.4) is 0 Å². The average Bonchev–Trinajstić information content (AvgIpc) is 2.70. The number of hydrogen-bond donors (Lipinski definition) is 0. The summed E-state index contributed by atoms with van der Waals surface area (Å²) in [6.07, 6.45) is 25.6. The molecule has 2 heteroatoms. The van der Waals surface area contributed by atoms with Gasteiger partial charge in [-0.1, -0.05) is 71.1 Å². The molecular formula is C25H40N2+2. The zero-order valence-corrected chi connectivity index (χ0v) is 17.7. The predicted octanol–water partition coefficient (Wildman–Crippen LogP) is 6.17. The van der Waals surface area contributed by atoms with Crippen molar-refractivity contribution in [3.8, 4) is 11.1 Å². The molecule has 0 atom stereocenters. The summed E-state index contributed by atoms with van der Waals surface area (Å²) in [7, 11) is 2.05. The molecule has 2 rings (SSSR count). The molecule has 0 aromatic carbocycles. The molecule has 2 aromatic rings. The molecule has 27 heavy (non-hydrogen) atoms. The maximum absolute atomic E-state index is 2.32. The molecule has 0 aliphatic carbocycles. The Bertz CT molecular complexity index is 601. The lowest BCUT2D eigenvalue weighted by molar-refractivity contribution is -0.697. The van der Waals surface area contributed by atoms with Gasteiger partial charge in [-0.15, -0.1) is 0 Å². The van der Waals surface area contributed by atoms with E-state index in [2.05, 4.69) is 72.2 Å². The Balaban J connectivity index is 1.50. The minimum atomic E-state index is 1.14. The number of pyridine rings is 2. The first-order chi connectivity index (χ1) is 13.3. The van der Waals surface area contributed by atoms with Crippen molar-refractivity contribution in [3.63, 3.8) is 0 Å². The van der Waals surface area contributed by atoms with Crippen molar-refractivity contribution in [2.24, 2.45) is 7.05 Å². The summed E-state index contributed by atoms with van der Waals surface area (Å²) in [5.74, 6) is 0. The predicted molar refractivity (Wildman–Crippen MR) is 114 cm³/mol. The van der Waals surface area contributed by atoms with Gasteiger partial charge in [-0.2, -0.15) is 0 Å². The third-order valence-electron chi connectivity index (χ3n) is 5.47. The first-order valence-corrected chi connectivity index (χ1v) is 11.2. The van der Waals surface area contributed by atoms with E-state index >= 15 is 0 Å². The van der Waals surface area contributed by atoms with Crippen molar-refractivity contribution in [3.05, 3.63) is 49.1 Å². The van der Waals surface area contributed by atoms with Crippen molar-refractivity contribution in [1.29, 1.82) is 0 Å². The van der Waals surface area contributed by atoms with E-state index in [1.165, 1.54) is 88.2 Å². The fraction of sp³-hybridized carbons (Fsp3) is 0.600. The van der Waals surface area contributed by atoms with Gasteiger partial charge in [-0.05, 0) is 17.5 Å². The molecule has 0 saturated heterocycles. The molecule has 0 aliphatic heterocycles. The van der Waals surface area contributed by atoms with Gasteiger partial charge in [0.05, 0.1) is 0 Å². The molecule has 0 spiro atoms. The minimum absolute atomic E-state index is 1.14. The summed E-state index contributed by atoms with van der Waals surface area (Å²) in [6.45, 7) is 3.43. The largest absolute Gasteiger partial charge is 0.208 e. The molecule has 0 fully saturated rings. The Labute approximate surface area is 167 Å². The Morgan fingerprint density at radius 3 is 1.44 bits per heavy atom. The number of unbranched alkanes of at least 4 members (excludes halogenated alkanes) is 11. The standard InChI is InChI=1S/C25H40N2/c1-3-4-5-6-7-8-9-10-11-12-13-14-19-27-22-17-25(18-23-27)24-15-20-26(2)21-16-24/h15-18,20-23H,3-14,19H2,1-2H3/q+2. The second-order valence-corrected chi connectivity index (χ2v) is 7.97. The molecule has 2 aromatic heterocycles. The van der Waals surface area contributed by atoms with Crippen molar-refractivity contribution >= 4 is 0 Å². The molecule has 0 saturated carbocycles. The van der Waals surface area contributed by atoms with Crippen LogP contribution in [0.5, 0.6) is 0 Å². The summed E-state index contributed by atoms with van der Waals surface area (Å²) >= 11 is 0. The summed E-state index contributed by atoms with van der Waals surface area (Å²) in [4.78, 5) is 0. The molecule has 148 valence electrons. The van der Waals surface area contributed by atoms with Crippen molar-refractivity contribution in [2.75, 3.05) is 0 Å². The van der Waals surface area contributed by atoms with Gasteiger partial charge in [0.25, 0.3) is 0 Å². The van der Waals surface area contributed by atoms with Crippen LogP contribution in [0.1, 0.15) is 84.0 Å². The van der Waals surface area contributed by atoms with Gasteiger partial charge in [-0.25, -0.2) is 9.13 Å². The van der Waals surface area contributed by atoms with Crippen LogP contribution in [0, 0.1) is 0 Å². The summed E-state index contributed by atoms with van der Waals surface area (Å²) in [5.41, 5.74) is 2.58. The van der Waals surface area contributed by atoms with Gasteiger partial charge in [0.15, 0.2) is 24.8 Å². The number of hydrogen-bond acceptors (Lipinski definition) is 0. The first-order valence-electron chi connectivity index (χ1n) is 11.2. The Kier molecular flexibility index (Phi) is 10.8. The third-order valence-corrected chi connectivity index (χ3v) is 5.47. The van der Waals surface area contributed by atoms with Crippen LogP contribution in [0.4, 0.5) is 0 Å². The topological polar surface area (TPSA) is 7.76 Å². The van der Waals surface area contributed by atoms with Crippen LogP contribution in [0.25, 0.3) is 11.1 Å². The molecule has 0 bridgehead atoms. The molecule has 2 nitrogen and oxygen atoms in total. The van der Waals surface area contributed by atoms with Crippen molar-refractivity contribution < 1.29 is 9.13 Å². The third kappa shape index (κ3) is 9.17. The van der Waals surface area contributed by atoms with E-state index in [9.17, 15) is 0 Å². The fourth-order valence-corrected chi connectivity index (χ4v) is 3.63. The van der Waals surface area contributed by atoms with Crippen LogP contribution in [-0.4, -0.2) is 0 Å². The van der Waals surface area contributed by atoms with Crippen LogP contribution >= 0.6 is 0 Å². The van der Waals surface area contributed by atoms with E-state index in [1.54, 1.807) is 0 Å². The number of aromatic nitrogens is 2. The summed E-state index contributed by atoms with van der Waals surface area (Å²) < 4.78 is 4.39. The van der Waals surface area contributed by atoms with Crippen LogP contribution in [0.2, 0.25) is 0 Å². The maximum atomic E-state index is 2.32. The lowest BCUT2D eigenvalue weighted by Crippen LogP contribution is -2.32.